The third-order valence-corrected chi connectivity index (χ3v) is 5.07. The van der Waals surface area contributed by atoms with Crippen molar-refractivity contribution in [2.75, 3.05) is 0 Å². The molecule has 7 nitrogen and oxygen atoms in total. The fourth-order valence-corrected chi connectivity index (χ4v) is 3.43. The van der Waals surface area contributed by atoms with Crippen LogP contribution in [0.1, 0.15) is 5.56 Å². The molecule has 0 saturated heterocycles. The molecule has 2 aromatic heterocycles. The van der Waals surface area contributed by atoms with Crippen molar-refractivity contribution in [1.82, 2.24) is 20.0 Å². The molecule has 138 valence electrons. The topological polar surface area (TPSA) is 86.7 Å². The van der Waals surface area contributed by atoms with Gasteiger partial charge in [0.15, 0.2) is 0 Å². The lowest BCUT2D eigenvalue weighted by Crippen LogP contribution is -1.94. The number of rotatable bonds is 6. The molecule has 0 fully saturated rings. The molecule has 0 aliphatic rings. The molecule has 0 amide bonds. The first kappa shape index (κ1) is 17.9. The fourth-order valence-electron chi connectivity index (χ4n) is 2.67. The number of thioether (sulfide) groups is 1. The maximum Gasteiger partial charge on any atom is 0.269 e. The summed E-state index contributed by atoms with van der Waals surface area (Å²) in [6, 6.07) is 20.3. The van der Waals surface area contributed by atoms with Crippen LogP contribution in [-0.4, -0.2) is 24.9 Å². The van der Waals surface area contributed by atoms with Gasteiger partial charge in [-0.05, 0) is 35.9 Å². The minimum Gasteiger partial charge on any atom is -0.258 e. The van der Waals surface area contributed by atoms with Crippen molar-refractivity contribution in [1.29, 1.82) is 0 Å². The van der Waals surface area contributed by atoms with Crippen LogP contribution in [0.2, 0.25) is 0 Å². The normalized spacial score (nSPS) is 10.7. The maximum absolute atomic E-state index is 10.9. The Morgan fingerprint density at radius 1 is 1.00 bits per heavy atom. The Balaban J connectivity index is 1.42. The molecule has 0 aliphatic carbocycles. The molecule has 0 atom stereocenters. The summed E-state index contributed by atoms with van der Waals surface area (Å²) in [7, 11) is 0. The van der Waals surface area contributed by atoms with Crippen LogP contribution in [-0.2, 0) is 5.75 Å². The van der Waals surface area contributed by atoms with Crippen molar-refractivity contribution < 1.29 is 4.92 Å². The molecule has 0 bridgehead atoms. The maximum atomic E-state index is 10.9. The molecule has 0 spiro atoms. The van der Waals surface area contributed by atoms with Crippen LogP contribution in [0.4, 0.5) is 5.69 Å². The zero-order valence-electron chi connectivity index (χ0n) is 14.7. The lowest BCUT2D eigenvalue weighted by Gasteiger charge is -2.05. The van der Waals surface area contributed by atoms with Gasteiger partial charge in [-0.3, -0.25) is 10.1 Å². The summed E-state index contributed by atoms with van der Waals surface area (Å²) in [5.74, 6) is 0.592. The van der Waals surface area contributed by atoms with Crippen molar-refractivity contribution in [3.8, 4) is 16.9 Å². The molecular formula is C20H15N5O2S. The first-order valence-electron chi connectivity index (χ1n) is 8.49. The number of hydrogen-bond donors (Lipinski definition) is 0. The highest BCUT2D eigenvalue weighted by atomic mass is 32.2. The molecule has 0 N–H and O–H groups in total. The molecule has 28 heavy (non-hydrogen) atoms. The summed E-state index contributed by atoms with van der Waals surface area (Å²) in [6.45, 7) is 0. The number of non-ortho nitro benzene ring substituents is 1. The summed E-state index contributed by atoms with van der Waals surface area (Å²) in [6.07, 6.45) is 3.63. The molecule has 8 heteroatoms. The number of nitro groups is 1. The van der Waals surface area contributed by atoms with E-state index in [-0.39, 0.29) is 10.6 Å². The van der Waals surface area contributed by atoms with Crippen molar-refractivity contribution in [3.63, 3.8) is 0 Å². The Morgan fingerprint density at radius 3 is 2.54 bits per heavy atom. The van der Waals surface area contributed by atoms with Gasteiger partial charge in [0.25, 0.3) is 5.69 Å². The minimum atomic E-state index is -0.388. The number of aromatic nitrogens is 4. The van der Waals surface area contributed by atoms with E-state index < -0.39 is 0 Å². The van der Waals surface area contributed by atoms with E-state index in [2.05, 4.69) is 15.3 Å². The number of nitrogens with zero attached hydrogens (tertiary/aromatic N) is 5. The van der Waals surface area contributed by atoms with Gasteiger partial charge >= 0.3 is 0 Å². The number of hydrogen-bond acceptors (Lipinski definition) is 6. The van der Waals surface area contributed by atoms with Crippen molar-refractivity contribution in [3.05, 3.63) is 94.8 Å². The van der Waals surface area contributed by atoms with Gasteiger partial charge in [0, 0.05) is 35.8 Å². The summed E-state index contributed by atoms with van der Waals surface area (Å²) < 4.78 is 1.79. The predicted octanol–water partition coefficient (Wildman–Crippen LogP) is 4.53. The summed E-state index contributed by atoms with van der Waals surface area (Å²) in [4.78, 5) is 10.5. The third-order valence-electron chi connectivity index (χ3n) is 4.08. The quantitative estimate of drug-likeness (QED) is 0.274. The Kier molecular flexibility index (Phi) is 5.11. The highest BCUT2D eigenvalue weighted by Gasteiger charge is 2.07. The molecule has 4 aromatic rings. The second kappa shape index (κ2) is 8.01. The lowest BCUT2D eigenvalue weighted by atomic mass is 10.1. The first-order chi connectivity index (χ1) is 13.7. The summed E-state index contributed by atoms with van der Waals surface area (Å²) >= 11 is 1.49. The fraction of sp³-hybridized carbons (Fsp3) is 0.0500. The zero-order valence-corrected chi connectivity index (χ0v) is 15.5. The van der Waals surface area contributed by atoms with Gasteiger partial charge in [-0.15, -0.1) is 10.2 Å². The second-order valence-corrected chi connectivity index (χ2v) is 6.97. The second-order valence-electron chi connectivity index (χ2n) is 5.97. The van der Waals surface area contributed by atoms with Crippen LogP contribution in [0.15, 0.2) is 84.1 Å². The van der Waals surface area contributed by atoms with Gasteiger partial charge < -0.3 is 0 Å². The monoisotopic (exact) mass is 389 g/mol. The Bertz CT molecular complexity index is 1080. The van der Waals surface area contributed by atoms with Gasteiger partial charge in [-0.1, -0.05) is 36.0 Å². The van der Waals surface area contributed by atoms with E-state index in [0.717, 1.165) is 27.5 Å². The highest BCUT2D eigenvalue weighted by molar-refractivity contribution is 7.98. The van der Waals surface area contributed by atoms with Gasteiger partial charge in [-0.25, -0.2) is 4.68 Å². The SMILES string of the molecule is O=[N+]([O-])c1cccc(CSc2ccc(-c3ccc(-n4cccn4)cc3)nn2)c1. The molecule has 0 saturated carbocycles. The Labute approximate surface area is 165 Å². The number of nitro benzene ring substituents is 1. The summed E-state index contributed by atoms with van der Waals surface area (Å²) in [5, 5.41) is 24.4. The smallest absolute Gasteiger partial charge is 0.258 e. The lowest BCUT2D eigenvalue weighted by molar-refractivity contribution is -0.384. The molecular weight excluding hydrogens is 374 g/mol. The molecule has 0 aliphatic heterocycles. The molecule has 0 radical (unpaired) electrons. The standard InChI is InChI=1S/C20H15N5O2S/c26-25(27)18-4-1-3-15(13-18)14-28-20-10-9-19(22-23-20)16-5-7-17(8-6-16)24-12-2-11-21-24/h1-13H,14H2. The van der Waals surface area contributed by atoms with Crippen LogP contribution in [0.3, 0.4) is 0 Å². The van der Waals surface area contributed by atoms with Crippen LogP contribution in [0, 0.1) is 10.1 Å². The van der Waals surface area contributed by atoms with Crippen LogP contribution >= 0.6 is 11.8 Å². The Morgan fingerprint density at radius 2 is 1.86 bits per heavy atom. The Hall–Kier alpha value is -3.52. The van der Waals surface area contributed by atoms with Crippen LogP contribution in [0.25, 0.3) is 16.9 Å². The van der Waals surface area contributed by atoms with Crippen molar-refractivity contribution in [2.45, 2.75) is 10.8 Å². The molecule has 0 unspecified atom stereocenters. The largest absolute Gasteiger partial charge is 0.269 e. The summed E-state index contributed by atoms with van der Waals surface area (Å²) in [5.41, 5.74) is 3.70. The van der Waals surface area contributed by atoms with E-state index in [1.54, 1.807) is 23.0 Å². The van der Waals surface area contributed by atoms with E-state index >= 15 is 0 Å². The van der Waals surface area contributed by atoms with E-state index in [1.807, 2.05) is 54.7 Å². The van der Waals surface area contributed by atoms with Gasteiger partial charge in [0.2, 0.25) is 0 Å². The average Bonchev–Trinajstić information content (AvgIpc) is 3.28. The van der Waals surface area contributed by atoms with Crippen LogP contribution < -0.4 is 0 Å². The third kappa shape index (κ3) is 4.07. The molecule has 2 heterocycles. The zero-order chi connectivity index (χ0) is 19.3. The minimum absolute atomic E-state index is 0.0955. The van der Waals surface area contributed by atoms with E-state index in [0.29, 0.717) is 5.75 Å². The van der Waals surface area contributed by atoms with E-state index in [1.165, 1.54) is 17.8 Å². The van der Waals surface area contributed by atoms with Gasteiger partial charge in [-0.2, -0.15) is 5.10 Å². The van der Waals surface area contributed by atoms with E-state index in [9.17, 15) is 10.1 Å². The van der Waals surface area contributed by atoms with E-state index in [4.69, 9.17) is 0 Å². The average molecular weight is 389 g/mol. The highest BCUT2D eigenvalue weighted by Crippen LogP contribution is 2.25. The predicted molar refractivity (Wildman–Crippen MR) is 107 cm³/mol. The van der Waals surface area contributed by atoms with Crippen LogP contribution in [0.5, 0.6) is 0 Å². The molecule has 4 rings (SSSR count). The number of benzene rings is 2. The molecule has 2 aromatic carbocycles. The van der Waals surface area contributed by atoms with Crippen molar-refractivity contribution >= 4 is 17.4 Å². The van der Waals surface area contributed by atoms with Gasteiger partial charge in [0.05, 0.1) is 16.3 Å². The van der Waals surface area contributed by atoms with Gasteiger partial charge in [0.1, 0.15) is 5.03 Å². The van der Waals surface area contributed by atoms with Crippen molar-refractivity contribution in [2.24, 2.45) is 0 Å². The first-order valence-corrected chi connectivity index (χ1v) is 9.48.